The summed E-state index contributed by atoms with van der Waals surface area (Å²) in [7, 11) is 1.78. The van der Waals surface area contributed by atoms with E-state index in [9.17, 15) is 9.90 Å². The molecule has 1 fully saturated rings. The average Bonchev–Trinajstić information content (AvgIpc) is 3.42. The number of halogens is 1. The lowest BCUT2D eigenvalue weighted by Crippen LogP contribution is -2.35. The normalized spacial score (nSPS) is 19.1. The molecule has 7 nitrogen and oxygen atoms in total. The number of H-pyrrole nitrogens is 1. The van der Waals surface area contributed by atoms with Gasteiger partial charge in [0, 0.05) is 42.1 Å². The highest BCUT2D eigenvalue weighted by molar-refractivity contribution is 6.29. The van der Waals surface area contributed by atoms with Crippen molar-refractivity contribution in [2.24, 2.45) is 0 Å². The fourth-order valence-electron chi connectivity index (χ4n) is 4.21. The molecule has 0 aliphatic carbocycles. The lowest BCUT2D eigenvalue weighted by Gasteiger charge is -2.20. The Hall–Kier alpha value is -2.74. The quantitative estimate of drug-likeness (QED) is 0.476. The predicted molar refractivity (Wildman–Crippen MR) is 123 cm³/mol. The number of hydrogen-bond donors (Lipinski definition) is 3. The smallest absolute Gasteiger partial charge is 0.253 e. The lowest BCUT2D eigenvalue weighted by molar-refractivity contribution is 0.0783. The molecule has 1 aromatic carbocycles. The summed E-state index contributed by atoms with van der Waals surface area (Å²) < 4.78 is 0. The van der Waals surface area contributed by atoms with E-state index in [1.165, 1.54) is 0 Å². The van der Waals surface area contributed by atoms with E-state index in [1.54, 1.807) is 24.2 Å². The number of aromatic amines is 1. The van der Waals surface area contributed by atoms with E-state index in [-0.39, 0.29) is 18.0 Å². The molecule has 0 bridgehead atoms. The van der Waals surface area contributed by atoms with Gasteiger partial charge in [-0.15, -0.1) is 0 Å². The molecule has 2 aromatic heterocycles. The van der Waals surface area contributed by atoms with Crippen molar-refractivity contribution in [2.45, 2.75) is 50.9 Å². The maximum absolute atomic E-state index is 12.7. The van der Waals surface area contributed by atoms with Crippen LogP contribution in [0, 0.1) is 6.92 Å². The van der Waals surface area contributed by atoms with E-state index in [0.717, 1.165) is 41.8 Å². The van der Waals surface area contributed by atoms with Gasteiger partial charge >= 0.3 is 0 Å². The van der Waals surface area contributed by atoms with Crippen LogP contribution in [0.4, 0.5) is 0 Å². The van der Waals surface area contributed by atoms with Crippen LogP contribution in [0.3, 0.4) is 0 Å². The molecular weight excluding hydrogens is 426 g/mol. The van der Waals surface area contributed by atoms with Crippen molar-refractivity contribution in [3.8, 4) is 0 Å². The van der Waals surface area contributed by atoms with Crippen molar-refractivity contribution in [3.05, 3.63) is 81.9 Å². The molecule has 0 unspecified atom stereocenters. The van der Waals surface area contributed by atoms with Crippen molar-refractivity contribution in [1.29, 1.82) is 0 Å². The van der Waals surface area contributed by atoms with Gasteiger partial charge in [-0.1, -0.05) is 29.8 Å². The first kappa shape index (κ1) is 22.5. The van der Waals surface area contributed by atoms with Crippen molar-refractivity contribution >= 4 is 17.5 Å². The Balaban J connectivity index is 1.30. The Morgan fingerprint density at radius 2 is 2.03 bits per heavy atom. The largest absolute Gasteiger partial charge is 0.387 e. The second-order valence-electron chi connectivity index (χ2n) is 8.51. The van der Waals surface area contributed by atoms with E-state index in [2.05, 4.69) is 20.5 Å². The zero-order chi connectivity index (χ0) is 22.7. The number of aliphatic hydroxyl groups excluding tert-OH is 1. The minimum atomic E-state index is -0.612. The van der Waals surface area contributed by atoms with Crippen LogP contribution in [-0.4, -0.2) is 50.2 Å². The fraction of sp³-hybridized carbons (Fsp3) is 0.375. The monoisotopic (exact) mass is 453 g/mol. The summed E-state index contributed by atoms with van der Waals surface area (Å²) in [5, 5.41) is 21.7. The molecule has 1 amide bonds. The van der Waals surface area contributed by atoms with Crippen molar-refractivity contribution in [3.63, 3.8) is 0 Å². The molecule has 1 aliphatic rings. The molecule has 3 N–H and O–H groups in total. The molecule has 8 heteroatoms. The third-order valence-electron chi connectivity index (χ3n) is 5.94. The number of carbonyl (C=O) groups excluding carboxylic acids is 1. The molecule has 0 spiro atoms. The molecule has 3 heterocycles. The topological polar surface area (TPSA) is 94.1 Å². The van der Waals surface area contributed by atoms with Crippen molar-refractivity contribution in [2.75, 3.05) is 7.05 Å². The number of nitrogens with zero attached hydrogens (tertiary/aromatic N) is 3. The van der Waals surface area contributed by atoms with Gasteiger partial charge < -0.3 is 15.3 Å². The minimum absolute atomic E-state index is 0.0110. The number of carbonyl (C=O) groups is 1. The molecule has 1 aliphatic heterocycles. The van der Waals surface area contributed by atoms with Gasteiger partial charge in [-0.05, 0) is 56.0 Å². The van der Waals surface area contributed by atoms with E-state index < -0.39 is 6.10 Å². The van der Waals surface area contributed by atoms with E-state index in [1.807, 2.05) is 43.3 Å². The van der Waals surface area contributed by atoms with Crippen molar-refractivity contribution in [1.82, 2.24) is 25.4 Å². The van der Waals surface area contributed by atoms with E-state index in [4.69, 9.17) is 11.6 Å². The van der Waals surface area contributed by atoms with Gasteiger partial charge in [-0.3, -0.25) is 9.89 Å². The molecule has 0 radical (unpaired) electrons. The third-order valence-corrected chi connectivity index (χ3v) is 6.16. The summed E-state index contributed by atoms with van der Waals surface area (Å²) in [5.74, 6) is -0.0315. The Kier molecular flexibility index (Phi) is 6.89. The van der Waals surface area contributed by atoms with Gasteiger partial charge in [-0.25, -0.2) is 4.98 Å². The van der Waals surface area contributed by atoms with Gasteiger partial charge in [0.05, 0.1) is 18.3 Å². The second-order valence-corrected chi connectivity index (χ2v) is 8.90. The van der Waals surface area contributed by atoms with Crippen LogP contribution in [0.1, 0.15) is 51.8 Å². The number of pyridine rings is 1. The minimum Gasteiger partial charge on any atom is -0.387 e. The first-order valence-electron chi connectivity index (χ1n) is 10.8. The number of rotatable bonds is 7. The third kappa shape index (κ3) is 5.35. The highest BCUT2D eigenvalue weighted by Crippen LogP contribution is 2.27. The first-order chi connectivity index (χ1) is 15.4. The van der Waals surface area contributed by atoms with Gasteiger partial charge in [0.25, 0.3) is 5.91 Å². The van der Waals surface area contributed by atoms with E-state index in [0.29, 0.717) is 17.3 Å². The molecule has 0 saturated carbocycles. The summed E-state index contributed by atoms with van der Waals surface area (Å²) in [5.41, 5.74) is 4.41. The summed E-state index contributed by atoms with van der Waals surface area (Å²) in [6.07, 6.45) is 3.73. The van der Waals surface area contributed by atoms with Crippen LogP contribution in [0.5, 0.6) is 0 Å². The maximum Gasteiger partial charge on any atom is 0.253 e. The SMILES string of the molecule is Cc1cc(CN(C)C(=O)c2ccc(C[C@@H]3CC[C@H]([C@H](O)c4ccc(Cl)nc4)N3)cc2)n[nH]1. The Morgan fingerprint density at radius 3 is 2.69 bits per heavy atom. The van der Waals surface area contributed by atoms with E-state index >= 15 is 0 Å². The number of aromatic nitrogens is 3. The number of hydrogen-bond acceptors (Lipinski definition) is 5. The van der Waals surface area contributed by atoms with Gasteiger partial charge in [0.2, 0.25) is 0 Å². The molecular formula is C24H28ClN5O2. The maximum atomic E-state index is 12.7. The summed E-state index contributed by atoms with van der Waals surface area (Å²) in [6.45, 7) is 2.40. The summed E-state index contributed by atoms with van der Waals surface area (Å²) >= 11 is 5.84. The van der Waals surface area contributed by atoms with Crippen LogP contribution in [0.2, 0.25) is 5.15 Å². The molecule has 1 saturated heterocycles. The van der Waals surface area contributed by atoms with Crippen LogP contribution in [0.15, 0.2) is 48.7 Å². The molecule has 3 atom stereocenters. The lowest BCUT2D eigenvalue weighted by atomic mass is 10.0. The molecule has 4 rings (SSSR count). The molecule has 168 valence electrons. The average molecular weight is 454 g/mol. The van der Waals surface area contributed by atoms with Crippen LogP contribution in [-0.2, 0) is 13.0 Å². The number of amides is 1. The van der Waals surface area contributed by atoms with Crippen LogP contribution >= 0.6 is 11.6 Å². The number of nitrogens with one attached hydrogen (secondary N) is 2. The van der Waals surface area contributed by atoms with Gasteiger partial charge in [0.15, 0.2) is 0 Å². The highest BCUT2D eigenvalue weighted by Gasteiger charge is 2.30. The highest BCUT2D eigenvalue weighted by atomic mass is 35.5. The zero-order valence-corrected chi connectivity index (χ0v) is 19.0. The van der Waals surface area contributed by atoms with Gasteiger partial charge in [0.1, 0.15) is 5.15 Å². The zero-order valence-electron chi connectivity index (χ0n) is 18.3. The number of aryl methyl sites for hydroxylation is 1. The standard InChI is InChI=1S/C24H28ClN5O2/c1-15-11-20(29-28-15)14-30(2)24(32)17-5-3-16(4-6-17)12-19-8-9-21(27-19)23(31)18-7-10-22(25)26-13-18/h3-7,10-11,13,19,21,23,27,31H,8-9,12,14H2,1-2H3,(H,28,29)/t19-,21+,23+/m0/s1. The van der Waals surface area contributed by atoms with Crippen molar-refractivity contribution < 1.29 is 9.90 Å². The Bertz CT molecular complexity index is 1050. The Labute approximate surface area is 192 Å². The number of benzene rings is 1. The second kappa shape index (κ2) is 9.81. The van der Waals surface area contributed by atoms with Gasteiger partial charge in [-0.2, -0.15) is 5.10 Å². The molecule has 3 aromatic rings. The summed E-state index contributed by atoms with van der Waals surface area (Å²) in [6, 6.07) is 13.5. The predicted octanol–water partition coefficient (Wildman–Crippen LogP) is 3.44. The van der Waals surface area contributed by atoms with Crippen LogP contribution in [0.25, 0.3) is 0 Å². The Morgan fingerprint density at radius 1 is 1.25 bits per heavy atom. The molecule has 32 heavy (non-hydrogen) atoms. The first-order valence-corrected chi connectivity index (χ1v) is 11.2. The fourth-order valence-corrected chi connectivity index (χ4v) is 4.33. The number of aliphatic hydroxyl groups is 1. The summed E-state index contributed by atoms with van der Waals surface area (Å²) in [4.78, 5) is 18.4. The van der Waals surface area contributed by atoms with Crippen LogP contribution < -0.4 is 5.32 Å².